The first-order valence-corrected chi connectivity index (χ1v) is 8.01. The van der Waals surface area contributed by atoms with Crippen molar-refractivity contribution in [2.24, 2.45) is 0 Å². The quantitative estimate of drug-likeness (QED) is 0.613. The van der Waals surface area contributed by atoms with Gasteiger partial charge in [-0.15, -0.1) is 0 Å². The molecule has 0 saturated heterocycles. The number of carbonyl (C=O) groups excluding carboxylic acids is 2. The zero-order valence-electron chi connectivity index (χ0n) is 13.9. The fraction of sp³-hybridized carbons (Fsp3) is 0.150. The van der Waals surface area contributed by atoms with Crippen LogP contribution in [0.25, 0.3) is 6.08 Å². The molecule has 0 atom stereocenters. The number of hydrogen-bond donors (Lipinski definition) is 0. The molecule has 0 N–H and O–H groups in total. The molecule has 0 saturated carbocycles. The fourth-order valence-electron chi connectivity index (χ4n) is 2.53. The van der Waals surface area contributed by atoms with E-state index in [1.807, 2.05) is 36.4 Å². The Hall–Kier alpha value is -3.59. The van der Waals surface area contributed by atoms with Crippen molar-refractivity contribution in [2.75, 3.05) is 24.7 Å². The molecule has 0 unspecified atom stereocenters. The molecular weight excluding hydrogens is 332 g/mol. The minimum atomic E-state index is -0.613. The van der Waals surface area contributed by atoms with Crippen LogP contribution in [0.15, 0.2) is 60.2 Å². The van der Waals surface area contributed by atoms with Gasteiger partial charge in [0.25, 0.3) is 5.91 Å². The number of amides is 1. The molecule has 0 aliphatic carbocycles. The number of benzene rings is 2. The highest BCUT2D eigenvalue weighted by Gasteiger charge is 2.21. The van der Waals surface area contributed by atoms with E-state index in [4.69, 9.17) is 14.7 Å². The lowest BCUT2D eigenvalue weighted by atomic mass is 10.1. The maximum absolute atomic E-state index is 12.4. The number of fused-ring (bicyclic) bond motifs is 1. The van der Waals surface area contributed by atoms with E-state index in [0.717, 1.165) is 5.56 Å². The third kappa shape index (κ3) is 3.90. The average molecular weight is 348 g/mol. The average Bonchev–Trinajstić information content (AvgIpc) is 2.70. The van der Waals surface area contributed by atoms with Gasteiger partial charge in [0.1, 0.15) is 18.9 Å². The minimum Gasteiger partial charge on any atom is -0.488 e. The SMILES string of the molecule is N#CCN(C(=O)COC(=O)C1=Cc2ccccc2OC1)c1ccccc1. The second-order valence-electron chi connectivity index (χ2n) is 5.55. The molecule has 2 aromatic rings. The van der Waals surface area contributed by atoms with E-state index < -0.39 is 18.5 Å². The maximum atomic E-state index is 12.4. The zero-order valence-corrected chi connectivity index (χ0v) is 13.9. The number of para-hydroxylation sites is 2. The lowest BCUT2D eigenvalue weighted by Crippen LogP contribution is -2.35. The van der Waals surface area contributed by atoms with Gasteiger partial charge < -0.3 is 9.47 Å². The Labute approximate surface area is 150 Å². The third-order valence-electron chi connectivity index (χ3n) is 3.82. The van der Waals surface area contributed by atoms with Crippen LogP contribution in [0.2, 0.25) is 0 Å². The van der Waals surface area contributed by atoms with E-state index in [1.54, 1.807) is 30.3 Å². The molecule has 1 amide bonds. The van der Waals surface area contributed by atoms with Crippen LogP contribution in [-0.4, -0.2) is 31.6 Å². The van der Waals surface area contributed by atoms with Gasteiger partial charge in [0, 0.05) is 11.3 Å². The van der Waals surface area contributed by atoms with Crippen LogP contribution in [0.1, 0.15) is 5.56 Å². The van der Waals surface area contributed by atoms with Crippen LogP contribution >= 0.6 is 0 Å². The standard InChI is InChI=1S/C20H16N2O4/c21-10-11-22(17-7-2-1-3-8-17)19(23)14-26-20(24)16-12-15-6-4-5-9-18(15)25-13-16/h1-9,12H,11,13-14H2. The van der Waals surface area contributed by atoms with Gasteiger partial charge in [-0.1, -0.05) is 36.4 Å². The Kier molecular flexibility index (Phi) is 5.30. The summed E-state index contributed by atoms with van der Waals surface area (Å²) in [7, 11) is 0. The van der Waals surface area contributed by atoms with E-state index in [1.165, 1.54) is 4.90 Å². The highest BCUT2D eigenvalue weighted by Crippen LogP contribution is 2.26. The fourth-order valence-corrected chi connectivity index (χ4v) is 2.53. The number of anilines is 1. The molecule has 1 heterocycles. The largest absolute Gasteiger partial charge is 0.488 e. The monoisotopic (exact) mass is 348 g/mol. The predicted molar refractivity (Wildman–Crippen MR) is 95.3 cm³/mol. The first-order chi connectivity index (χ1) is 12.7. The summed E-state index contributed by atoms with van der Waals surface area (Å²) in [5, 5.41) is 8.94. The van der Waals surface area contributed by atoms with Gasteiger partial charge in [0.2, 0.25) is 0 Å². The van der Waals surface area contributed by atoms with Gasteiger partial charge in [0.05, 0.1) is 11.6 Å². The van der Waals surface area contributed by atoms with Crippen LogP contribution in [0.5, 0.6) is 5.75 Å². The second-order valence-corrected chi connectivity index (χ2v) is 5.55. The molecular formula is C20H16N2O4. The summed E-state index contributed by atoms with van der Waals surface area (Å²) in [6.45, 7) is -0.487. The Morgan fingerprint density at radius 3 is 2.62 bits per heavy atom. The summed E-state index contributed by atoms with van der Waals surface area (Å²) >= 11 is 0. The normalized spacial score (nSPS) is 12.0. The molecule has 1 aliphatic heterocycles. The highest BCUT2D eigenvalue weighted by molar-refractivity contribution is 5.99. The predicted octanol–water partition coefficient (Wildman–Crippen LogP) is 2.56. The lowest BCUT2D eigenvalue weighted by molar-refractivity contribution is -0.144. The summed E-state index contributed by atoms with van der Waals surface area (Å²) in [4.78, 5) is 25.9. The van der Waals surface area contributed by atoms with Crippen molar-refractivity contribution < 1.29 is 19.1 Å². The van der Waals surface area contributed by atoms with E-state index in [-0.39, 0.29) is 13.2 Å². The summed E-state index contributed by atoms with van der Waals surface area (Å²) in [6.07, 6.45) is 1.69. The van der Waals surface area contributed by atoms with Crippen molar-refractivity contribution >= 4 is 23.6 Å². The van der Waals surface area contributed by atoms with Gasteiger partial charge in [-0.25, -0.2) is 4.79 Å². The van der Waals surface area contributed by atoms with Gasteiger partial charge >= 0.3 is 5.97 Å². The summed E-state index contributed by atoms with van der Waals surface area (Å²) in [5.41, 5.74) is 1.69. The van der Waals surface area contributed by atoms with Crippen LogP contribution in [0.3, 0.4) is 0 Å². The van der Waals surface area contributed by atoms with Crippen molar-refractivity contribution in [2.45, 2.75) is 0 Å². The minimum absolute atomic E-state index is 0.0879. The highest BCUT2D eigenvalue weighted by atomic mass is 16.5. The lowest BCUT2D eigenvalue weighted by Gasteiger charge is -2.20. The Morgan fingerprint density at radius 1 is 1.12 bits per heavy atom. The van der Waals surface area contributed by atoms with Gasteiger partial charge in [-0.2, -0.15) is 5.26 Å². The van der Waals surface area contributed by atoms with Gasteiger partial charge in [0.15, 0.2) is 6.61 Å². The smallest absolute Gasteiger partial charge is 0.338 e. The molecule has 1 aliphatic rings. The molecule has 26 heavy (non-hydrogen) atoms. The number of ether oxygens (including phenoxy) is 2. The third-order valence-corrected chi connectivity index (χ3v) is 3.82. The van der Waals surface area contributed by atoms with Crippen molar-refractivity contribution in [1.29, 1.82) is 5.26 Å². The number of hydrogen-bond acceptors (Lipinski definition) is 5. The summed E-state index contributed by atoms with van der Waals surface area (Å²) in [5.74, 6) is -0.383. The van der Waals surface area contributed by atoms with Crippen LogP contribution in [-0.2, 0) is 14.3 Å². The first-order valence-electron chi connectivity index (χ1n) is 8.01. The van der Waals surface area contributed by atoms with E-state index >= 15 is 0 Å². The van der Waals surface area contributed by atoms with Crippen LogP contribution in [0, 0.1) is 11.3 Å². The summed E-state index contributed by atoms with van der Waals surface area (Å²) < 4.78 is 10.6. The Bertz CT molecular complexity index is 884. The molecule has 0 radical (unpaired) electrons. The topological polar surface area (TPSA) is 79.6 Å². The zero-order chi connectivity index (χ0) is 18.4. The Balaban J connectivity index is 1.65. The second kappa shape index (κ2) is 7.99. The molecule has 0 spiro atoms. The Morgan fingerprint density at radius 2 is 1.85 bits per heavy atom. The van der Waals surface area contributed by atoms with E-state index in [2.05, 4.69) is 0 Å². The molecule has 0 bridgehead atoms. The molecule has 0 fully saturated rings. The number of rotatable bonds is 5. The first kappa shape index (κ1) is 17.2. The van der Waals surface area contributed by atoms with Crippen molar-refractivity contribution in [3.63, 3.8) is 0 Å². The van der Waals surface area contributed by atoms with Crippen molar-refractivity contribution in [1.82, 2.24) is 0 Å². The van der Waals surface area contributed by atoms with Crippen LogP contribution in [0.4, 0.5) is 5.69 Å². The molecule has 6 heteroatoms. The van der Waals surface area contributed by atoms with E-state index in [0.29, 0.717) is 17.0 Å². The number of nitrogens with zero attached hydrogens (tertiary/aromatic N) is 2. The van der Waals surface area contributed by atoms with Gasteiger partial charge in [-0.05, 0) is 24.3 Å². The van der Waals surface area contributed by atoms with Crippen LogP contribution < -0.4 is 9.64 Å². The molecule has 0 aromatic heterocycles. The number of carbonyl (C=O) groups is 2. The van der Waals surface area contributed by atoms with Gasteiger partial charge in [-0.3, -0.25) is 9.69 Å². The molecule has 2 aromatic carbocycles. The summed E-state index contributed by atoms with van der Waals surface area (Å²) in [6, 6.07) is 18.0. The molecule has 6 nitrogen and oxygen atoms in total. The van der Waals surface area contributed by atoms with Crippen molar-refractivity contribution in [3.05, 3.63) is 65.7 Å². The molecule has 3 rings (SSSR count). The number of nitriles is 1. The molecule has 130 valence electrons. The maximum Gasteiger partial charge on any atom is 0.338 e. The van der Waals surface area contributed by atoms with E-state index in [9.17, 15) is 9.59 Å². The number of esters is 1. The van der Waals surface area contributed by atoms with Crippen molar-refractivity contribution in [3.8, 4) is 11.8 Å².